The molecule has 0 spiro atoms. The van der Waals surface area contributed by atoms with E-state index in [1.165, 1.54) is 0 Å². The number of esters is 1. The molecule has 0 aliphatic carbocycles. The van der Waals surface area contributed by atoms with E-state index in [2.05, 4.69) is 10.1 Å². The van der Waals surface area contributed by atoms with E-state index in [1.54, 1.807) is 6.92 Å². The minimum absolute atomic E-state index is 0.168. The fourth-order valence-electron chi connectivity index (χ4n) is 1.01. The molecule has 19 heavy (non-hydrogen) atoms. The zero-order chi connectivity index (χ0) is 14.7. The lowest BCUT2D eigenvalue weighted by Gasteiger charge is -2.04. The smallest absolute Gasteiger partial charge is 0.328 e. The summed E-state index contributed by atoms with van der Waals surface area (Å²) in [5.41, 5.74) is 0. The lowest BCUT2D eigenvalue weighted by atomic mass is 10.3. The van der Waals surface area contributed by atoms with Gasteiger partial charge in [-0.3, -0.25) is 14.9 Å². The normalized spacial score (nSPS) is 9.95. The van der Waals surface area contributed by atoms with E-state index in [9.17, 15) is 19.2 Å². The van der Waals surface area contributed by atoms with Gasteiger partial charge < -0.3 is 15.2 Å². The van der Waals surface area contributed by atoms with Gasteiger partial charge in [0.25, 0.3) is 5.91 Å². The number of hydrogen-bond acceptors (Lipinski definition) is 5. The molecule has 106 valence electrons. The fourth-order valence-corrected chi connectivity index (χ4v) is 1.01. The Hall–Kier alpha value is -2.38. The summed E-state index contributed by atoms with van der Waals surface area (Å²) in [6.07, 6.45) is 1.89. The number of carbonyl (C=O) groups excluding carboxylic acids is 3. The van der Waals surface area contributed by atoms with Crippen LogP contribution in [0.5, 0.6) is 0 Å². The highest BCUT2D eigenvalue weighted by atomic mass is 16.5. The number of carbonyl (C=O) groups is 4. The second-order valence-electron chi connectivity index (χ2n) is 3.33. The molecule has 0 unspecified atom stereocenters. The molecule has 0 atom stereocenters. The molecular weight excluding hydrogens is 256 g/mol. The highest BCUT2D eigenvalue weighted by Gasteiger charge is 2.05. The largest absolute Gasteiger partial charge is 0.478 e. The van der Waals surface area contributed by atoms with Gasteiger partial charge in [-0.2, -0.15) is 0 Å². The summed E-state index contributed by atoms with van der Waals surface area (Å²) >= 11 is 0. The lowest BCUT2D eigenvalue weighted by Crippen LogP contribution is -2.39. The summed E-state index contributed by atoms with van der Waals surface area (Å²) < 4.78 is 4.68. The first-order valence-electron chi connectivity index (χ1n) is 5.61. The molecule has 0 aromatic carbocycles. The number of aliphatic carboxylic acids is 1. The lowest BCUT2D eigenvalue weighted by molar-refractivity contribution is -0.143. The van der Waals surface area contributed by atoms with Crippen molar-refractivity contribution in [3.05, 3.63) is 12.2 Å². The van der Waals surface area contributed by atoms with Gasteiger partial charge in [0, 0.05) is 25.1 Å². The van der Waals surface area contributed by atoms with Gasteiger partial charge in [-0.05, 0) is 13.3 Å². The minimum Gasteiger partial charge on any atom is -0.478 e. The topological polar surface area (TPSA) is 122 Å². The number of carboxylic acid groups (broad SMARTS) is 1. The van der Waals surface area contributed by atoms with Crippen LogP contribution in [0.15, 0.2) is 12.2 Å². The van der Waals surface area contributed by atoms with Crippen LogP contribution < -0.4 is 10.6 Å². The van der Waals surface area contributed by atoms with Gasteiger partial charge in [0.05, 0.1) is 6.61 Å². The summed E-state index contributed by atoms with van der Waals surface area (Å²) in [6.45, 7) is 2.19. The van der Waals surface area contributed by atoms with Crippen molar-refractivity contribution in [2.24, 2.45) is 0 Å². The van der Waals surface area contributed by atoms with Crippen molar-refractivity contribution >= 4 is 23.9 Å². The summed E-state index contributed by atoms with van der Waals surface area (Å²) in [5.74, 6) is -2.49. The molecule has 0 aliphatic rings. The van der Waals surface area contributed by atoms with E-state index in [0.29, 0.717) is 19.1 Å². The number of rotatable bonds is 7. The molecule has 0 saturated heterocycles. The molecule has 0 radical (unpaired) electrons. The van der Waals surface area contributed by atoms with Crippen LogP contribution in [0, 0.1) is 0 Å². The van der Waals surface area contributed by atoms with E-state index in [1.807, 2.05) is 5.32 Å². The van der Waals surface area contributed by atoms with Crippen molar-refractivity contribution < 1.29 is 29.0 Å². The van der Waals surface area contributed by atoms with E-state index in [-0.39, 0.29) is 18.9 Å². The van der Waals surface area contributed by atoms with Gasteiger partial charge in [-0.15, -0.1) is 0 Å². The summed E-state index contributed by atoms with van der Waals surface area (Å²) in [5, 5.41) is 12.5. The van der Waals surface area contributed by atoms with Crippen LogP contribution in [0.25, 0.3) is 0 Å². The van der Waals surface area contributed by atoms with E-state index >= 15 is 0 Å². The number of imide groups is 1. The van der Waals surface area contributed by atoms with Crippen LogP contribution in [0.2, 0.25) is 0 Å². The molecule has 8 heteroatoms. The number of nitrogens with one attached hydrogen (secondary N) is 2. The van der Waals surface area contributed by atoms with Crippen LogP contribution >= 0.6 is 0 Å². The number of ether oxygens (including phenoxy) is 1. The van der Waals surface area contributed by atoms with Gasteiger partial charge in [0.1, 0.15) is 0 Å². The first kappa shape index (κ1) is 16.6. The third kappa shape index (κ3) is 10.5. The Bertz CT molecular complexity index is 377. The molecule has 3 amide bonds. The molecule has 0 saturated carbocycles. The van der Waals surface area contributed by atoms with Gasteiger partial charge in [-0.25, -0.2) is 9.59 Å². The number of amides is 3. The predicted molar refractivity (Wildman–Crippen MR) is 64.2 cm³/mol. The molecule has 3 N–H and O–H groups in total. The standard InChI is InChI=1S/C11H16N2O6/c1-2-19-10(17)4-3-7-12-11(18)13-8(14)5-6-9(15)16/h5-6H,2-4,7H2,1H3,(H,15,16)(H2,12,13,14,18). The Morgan fingerprint density at radius 1 is 1.21 bits per heavy atom. The third-order valence-corrected chi connectivity index (χ3v) is 1.76. The van der Waals surface area contributed by atoms with Crippen molar-refractivity contribution in [3.63, 3.8) is 0 Å². The van der Waals surface area contributed by atoms with Crippen molar-refractivity contribution in [1.29, 1.82) is 0 Å². The van der Waals surface area contributed by atoms with Crippen molar-refractivity contribution in [1.82, 2.24) is 10.6 Å². The molecule has 0 fully saturated rings. The van der Waals surface area contributed by atoms with Crippen LogP contribution in [-0.2, 0) is 19.1 Å². The van der Waals surface area contributed by atoms with Crippen LogP contribution in [0.3, 0.4) is 0 Å². The minimum atomic E-state index is -1.29. The molecule has 8 nitrogen and oxygen atoms in total. The maximum absolute atomic E-state index is 11.1. The first-order valence-corrected chi connectivity index (χ1v) is 5.61. The molecule has 0 heterocycles. The van der Waals surface area contributed by atoms with Crippen molar-refractivity contribution in [3.8, 4) is 0 Å². The Kier molecular flexibility index (Phi) is 8.42. The number of carboxylic acids is 1. The van der Waals surface area contributed by atoms with Gasteiger partial charge >= 0.3 is 18.0 Å². The maximum Gasteiger partial charge on any atom is 0.328 e. The Labute approximate surface area is 109 Å². The maximum atomic E-state index is 11.1. The Morgan fingerprint density at radius 2 is 1.89 bits per heavy atom. The SMILES string of the molecule is CCOC(=O)CCCNC(=O)NC(=O)C=CC(=O)O. The van der Waals surface area contributed by atoms with E-state index in [0.717, 1.165) is 6.08 Å². The molecule has 0 rings (SSSR count). The molecule has 0 aromatic heterocycles. The molecule has 0 aromatic rings. The van der Waals surface area contributed by atoms with Gasteiger partial charge in [0.15, 0.2) is 0 Å². The number of urea groups is 1. The van der Waals surface area contributed by atoms with Gasteiger partial charge in [-0.1, -0.05) is 0 Å². The summed E-state index contributed by atoms with van der Waals surface area (Å²) in [7, 11) is 0. The average Bonchev–Trinajstić information content (AvgIpc) is 2.32. The van der Waals surface area contributed by atoms with E-state index < -0.39 is 17.9 Å². The Morgan fingerprint density at radius 3 is 2.47 bits per heavy atom. The van der Waals surface area contributed by atoms with Crippen molar-refractivity contribution in [2.75, 3.05) is 13.2 Å². The average molecular weight is 272 g/mol. The summed E-state index contributed by atoms with van der Waals surface area (Å²) in [4.78, 5) is 43.2. The van der Waals surface area contributed by atoms with Crippen molar-refractivity contribution in [2.45, 2.75) is 19.8 Å². The van der Waals surface area contributed by atoms with E-state index in [4.69, 9.17) is 5.11 Å². The zero-order valence-electron chi connectivity index (χ0n) is 10.5. The molecular formula is C11H16N2O6. The fraction of sp³-hybridized carbons (Fsp3) is 0.455. The highest BCUT2D eigenvalue weighted by molar-refractivity contribution is 6.02. The summed E-state index contributed by atoms with van der Waals surface area (Å²) in [6, 6.07) is -0.760. The molecule has 0 bridgehead atoms. The Balaban J connectivity index is 3.73. The highest BCUT2D eigenvalue weighted by Crippen LogP contribution is 1.91. The second kappa shape index (κ2) is 9.63. The van der Waals surface area contributed by atoms with Crippen LogP contribution in [-0.4, -0.2) is 42.1 Å². The molecule has 0 aliphatic heterocycles. The first-order chi connectivity index (χ1) is 8.95. The predicted octanol–water partition coefficient (Wildman–Crippen LogP) is -0.204. The van der Waals surface area contributed by atoms with Gasteiger partial charge in [0.2, 0.25) is 0 Å². The quantitative estimate of drug-likeness (QED) is 0.335. The van der Waals surface area contributed by atoms with Crippen LogP contribution in [0.4, 0.5) is 4.79 Å². The second-order valence-corrected chi connectivity index (χ2v) is 3.33. The third-order valence-electron chi connectivity index (χ3n) is 1.76. The van der Waals surface area contributed by atoms with Crippen LogP contribution in [0.1, 0.15) is 19.8 Å². The zero-order valence-corrected chi connectivity index (χ0v) is 10.5. The number of hydrogen-bond donors (Lipinski definition) is 3. The monoisotopic (exact) mass is 272 g/mol.